The van der Waals surface area contributed by atoms with Gasteiger partial charge in [-0.05, 0) is 56.0 Å². The van der Waals surface area contributed by atoms with Crippen LogP contribution in [-0.4, -0.2) is 11.8 Å². The van der Waals surface area contributed by atoms with Crippen LogP contribution in [0.5, 0.6) is 0 Å². The van der Waals surface area contributed by atoms with Gasteiger partial charge in [0.15, 0.2) is 0 Å². The van der Waals surface area contributed by atoms with Crippen LogP contribution in [0.2, 0.25) is 0 Å². The minimum atomic E-state index is -0.173. The van der Waals surface area contributed by atoms with Crippen molar-refractivity contribution in [1.29, 1.82) is 0 Å². The summed E-state index contributed by atoms with van der Waals surface area (Å²) in [6.07, 6.45) is 7.33. The van der Waals surface area contributed by atoms with E-state index in [1.165, 1.54) is 24.8 Å². The molecule has 1 saturated carbocycles. The fraction of sp³-hybridized carbons (Fsp3) is 0.238. The molecule has 3 rings (SSSR count). The van der Waals surface area contributed by atoms with Crippen LogP contribution in [0.1, 0.15) is 42.5 Å². The fourth-order valence-corrected chi connectivity index (χ4v) is 2.98. The van der Waals surface area contributed by atoms with E-state index in [2.05, 4.69) is 10.6 Å². The van der Waals surface area contributed by atoms with E-state index in [1.54, 1.807) is 30.3 Å². The maximum Gasteiger partial charge on any atom is 0.255 e. The summed E-state index contributed by atoms with van der Waals surface area (Å²) >= 11 is 0. The number of carbonyl (C=O) groups excluding carboxylic acids is 2. The number of nitrogens with one attached hydrogen (secondary N) is 2. The monoisotopic (exact) mass is 334 g/mol. The molecule has 2 aromatic rings. The Morgan fingerprint density at radius 1 is 0.800 bits per heavy atom. The van der Waals surface area contributed by atoms with E-state index < -0.39 is 0 Å². The lowest BCUT2D eigenvalue weighted by atomic mass is 9.94. The number of hydrogen-bond donors (Lipinski definition) is 2. The molecular formula is C21H22N2O2. The Balaban J connectivity index is 1.63. The highest BCUT2D eigenvalue weighted by atomic mass is 16.2. The van der Waals surface area contributed by atoms with Crippen LogP contribution < -0.4 is 10.6 Å². The van der Waals surface area contributed by atoms with Gasteiger partial charge < -0.3 is 10.6 Å². The SMILES string of the molecule is O=C(C=C1CCCCC1)Nc1cccc(NC(=O)c2ccccc2)c1. The minimum Gasteiger partial charge on any atom is -0.322 e. The van der Waals surface area contributed by atoms with E-state index in [9.17, 15) is 9.59 Å². The first kappa shape index (κ1) is 17.0. The molecule has 2 amide bonds. The van der Waals surface area contributed by atoms with Crippen molar-refractivity contribution in [2.24, 2.45) is 0 Å². The Morgan fingerprint density at radius 3 is 2.20 bits per heavy atom. The van der Waals surface area contributed by atoms with Crippen molar-refractivity contribution in [3.8, 4) is 0 Å². The summed E-state index contributed by atoms with van der Waals surface area (Å²) < 4.78 is 0. The van der Waals surface area contributed by atoms with Gasteiger partial charge in [0.05, 0.1) is 0 Å². The van der Waals surface area contributed by atoms with Gasteiger partial charge >= 0.3 is 0 Å². The molecule has 4 nitrogen and oxygen atoms in total. The molecule has 25 heavy (non-hydrogen) atoms. The number of anilines is 2. The molecule has 0 aliphatic heterocycles. The summed E-state index contributed by atoms with van der Waals surface area (Å²) in [6.45, 7) is 0. The highest BCUT2D eigenvalue weighted by Crippen LogP contribution is 2.23. The predicted molar refractivity (Wildman–Crippen MR) is 101 cm³/mol. The molecule has 0 radical (unpaired) electrons. The van der Waals surface area contributed by atoms with Gasteiger partial charge in [0, 0.05) is 23.0 Å². The summed E-state index contributed by atoms with van der Waals surface area (Å²) in [5, 5.41) is 5.72. The molecule has 0 bridgehead atoms. The van der Waals surface area contributed by atoms with Crippen molar-refractivity contribution < 1.29 is 9.59 Å². The van der Waals surface area contributed by atoms with Crippen molar-refractivity contribution in [2.75, 3.05) is 10.6 Å². The third-order valence-electron chi connectivity index (χ3n) is 4.25. The molecule has 128 valence electrons. The Labute approximate surface area is 148 Å². The second-order valence-electron chi connectivity index (χ2n) is 6.25. The summed E-state index contributed by atoms with van der Waals surface area (Å²) in [6, 6.07) is 16.2. The molecule has 1 aliphatic rings. The topological polar surface area (TPSA) is 58.2 Å². The highest BCUT2D eigenvalue weighted by molar-refractivity contribution is 6.05. The van der Waals surface area contributed by atoms with Gasteiger partial charge in [-0.1, -0.05) is 36.3 Å². The second kappa shape index (κ2) is 8.29. The summed E-state index contributed by atoms with van der Waals surface area (Å²) in [7, 11) is 0. The van der Waals surface area contributed by atoms with Crippen LogP contribution in [0, 0.1) is 0 Å². The normalized spacial score (nSPS) is 13.8. The smallest absolute Gasteiger partial charge is 0.255 e. The molecule has 1 fully saturated rings. The lowest BCUT2D eigenvalue weighted by molar-refractivity contribution is -0.112. The average molecular weight is 334 g/mol. The summed E-state index contributed by atoms with van der Waals surface area (Å²) in [5.74, 6) is -0.281. The standard InChI is InChI=1S/C21H22N2O2/c24-20(14-16-8-3-1-4-9-16)22-18-12-7-13-19(15-18)23-21(25)17-10-5-2-6-11-17/h2,5-7,10-15H,1,3-4,8-9H2,(H,22,24)(H,23,25). The number of allylic oxidation sites excluding steroid dienone is 1. The maximum absolute atomic E-state index is 12.2. The van der Waals surface area contributed by atoms with E-state index in [0.29, 0.717) is 16.9 Å². The maximum atomic E-state index is 12.2. The quantitative estimate of drug-likeness (QED) is 0.791. The van der Waals surface area contributed by atoms with Crippen molar-refractivity contribution in [3.05, 3.63) is 71.8 Å². The molecule has 4 heteroatoms. The summed E-state index contributed by atoms with van der Waals surface area (Å²) in [5.41, 5.74) is 3.14. The number of carbonyl (C=O) groups is 2. The Morgan fingerprint density at radius 2 is 1.48 bits per heavy atom. The van der Waals surface area contributed by atoms with Crippen LogP contribution in [-0.2, 0) is 4.79 Å². The van der Waals surface area contributed by atoms with E-state index in [1.807, 2.05) is 30.3 Å². The van der Waals surface area contributed by atoms with Gasteiger partial charge in [-0.2, -0.15) is 0 Å². The molecule has 1 aliphatic carbocycles. The van der Waals surface area contributed by atoms with Gasteiger partial charge in [-0.15, -0.1) is 0 Å². The van der Waals surface area contributed by atoms with Crippen LogP contribution in [0.15, 0.2) is 66.2 Å². The first-order chi connectivity index (χ1) is 12.2. The van der Waals surface area contributed by atoms with E-state index >= 15 is 0 Å². The van der Waals surface area contributed by atoms with Gasteiger partial charge in [-0.25, -0.2) is 0 Å². The molecule has 0 unspecified atom stereocenters. The van der Waals surface area contributed by atoms with Gasteiger partial charge in [0.2, 0.25) is 5.91 Å². The minimum absolute atomic E-state index is 0.108. The molecule has 0 saturated heterocycles. The Hall–Kier alpha value is -2.88. The van der Waals surface area contributed by atoms with Crippen molar-refractivity contribution in [2.45, 2.75) is 32.1 Å². The molecule has 2 aromatic carbocycles. The predicted octanol–water partition coefficient (Wildman–Crippen LogP) is 4.77. The molecule has 0 heterocycles. The van der Waals surface area contributed by atoms with Gasteiger partial charge in [0.1, 0.15) is 0 Å². The Bertz CT molecular complexity index is 773. The van der Waals surface area contributed by atoms with Crippen LogP contribution in [0.3, 0.4) is 0 Å². The third-order valence-corrected chi connectivity index (χ3v) is 4.25. The molecule has 0 atom stereocenters. The van der Waals surface area contributed by atoms with Gasteiger partial charge in [-0.3, -0.25) is 9.59 Å². The zero-order valence-corrected chi connectivity index (χ0v) is 14.1. The lowest BCUT2D eigenvalue weighted by Gasteiger charge is -2.13. The van der Waals surface area contributed by atoms with Crippen LogP contribution >= 0.6 is 0 Å². The molecule has 0 spiro atoms. The highest BCUT2D eigenvalue weighted by Gasteiger charge is 2.09. The van der Waals surface area contributed by atoms with Crippen molar-refractivity contribution >= 4 is 23.2 Å². The Kier molecular flexibility index (Phi) is 5.62. The zero-order chi connectivity index (χ0) is 17.5. The zero-order valence-electron chi connectivity index (χ0n) is 14.1. The number of rotatable bonds is 4. The number of benzene rings is 2. The van der Waals surface area contributed by atoms with Gasteiger partial charge in [0.25, 0.3) is 5.91 Å². The molecular weight excluding hydrogens is 312 g/mol. The van der Waals surface area contributed by atoms with E-state index in [-0.39, 0.29) is 11.8 Å². The molecule has 2 N–H and O–H groups in total. The fourth-order valence-electron chi connectivity index (χ4n) is 2.98. The van der Waals surface area contributed by atoms with Crippen LogP contribution in [0.25, 0.3) is 0 Å². The summed E-state index contributed by atoms with van der Waals surface area (Å²) in [4.78, 5) is 24.4. The van der Waals surface area contributed by atoms with E-state index in [0.717, 1.165) is 12.8 Å². The van der Waals surface area contributed by atoms with E-state index in [4.69, 9.17) is 0 Å². The largest absolute Gasteiger partial charge is 0.322 e. The third kappa shape index (κ3) is 5.05. The van der Waals surface area contributed by atoms with Crippen molar-refractivity contribution in [3.63, 3.8) is 0 Å². The van der Waals surface area contributed by atoms with Crippen LogP contribution in [0.4, 0.5) is 11.4 Å². The second-order valence-corrected chi connectivity index (χ2v) is 6.25. The molecule has 0 aromatic heterocycles. The first-order valence-corrected chi connectivity index (χ1v) is 8.67. The lowest BCUT2D eigenvalue weighted by Crippen LogP contribution is -2.13. The average Bonchev–Trinajstić information content (AvgIpc) is 2.63. The number of hydrogen-bond acceptors (Lipinski definition) is 2. The number of amides is 2. The van der Waals surface area contributed by atoms with Crippen molar-refractivity contribution in [1.82, 2.24) is 0 Å². The first-order valence-electron chi connectivity index (χ1n) is 8.67.